The number of phenolic OH excluding ortho intramolecular Hbond substituents is 1. The van der Waals surface area contributed by atoms with Gasteiger partial charge in [-0.2, -0.15) is 0 Å². The van der Waals surface area contributed by atoms with E-state index in [1.807, 2.05) is 30.3 Å². The highest BCUT2D eigenvalue weighted by atomic mass is 16.3. The minimum Gasteiger partial charge on any atom is -0.508 e. The first-order valence-corrected chi connectivity index (χ1v) is 6.20. The van der Waals surface area contributed by atoms with Gasteiger partial charge in [-0.15, -0.1) is 0 Å². The van der Waals surface area contributed by atoms with Crippen LogP contribution >= 0.6 is 0 Å². The Bertz CT molecular complexity index is 556. The van der Waals surface area contributed by atoms with Crippen LogP contribution in [0.1, 0.15) is 11.1 Å². The number of hydrogen-bond acceptors (Lipinski definition) is 4. The van der Waals surface area contributed by atoms with Gasteiger partial charge in [0.05, 0.1) is 0 Å². The van der Waals surface area contributed by atoms with Crippen molar-refractivity contribution in [1.29, 1.82) is 0 Å². The van der Waals surface area contributed by atoms with E-state index in [2.05, 4.69) is 5.32 Å². The monoisotopic (exact) mass is 258 g/mol. The van der Waals surface area contributed by atoms with E-state index in [9.17, 15) is 5.11 Å². The van der Waals surface area contributed by atoms with Crippen LogP contribution in [-0.2, 0) is 13.0 Å². The van der Waals surface area contributed by atoms with E-state index >= 15 is 0 Å². The minimum absolute atomic E-state index is 0.0835. The normalized spacial score (nSPS) is 10.4. The van der Waals surface area contributed by atoms with Gasteiger partial charge in [0.1, 0.15) is 5.75 Å². The number of aromatic hydroxyl groups is 1. The highest BCUT2D eigenvalue weighted by Crippen LogP contribution is 2.19. The summed E-state index contributed by atoms with van der Waals surface area (Å²) in [6.45, 7) is 0.705. The standard InChI is InChI=1S/C15H18N2O2/c16-15-5-4-13(9-12(15)6-7-18)17-10-11-2-1-3-14(19)8-11/h1-5,8-9,17-19H,6-7,10,16H2. The lowest BCUT2D eigenvalue weighted by molar-refractivity contribution is 0.300. The summed E-state index contributed by atoms with van der Waals surface area (Å²) in [6, 6.07) is 12.8. The smallest absolute Gasteiger partial charge is 0.115 e. The van der Waals surface area contributed by atoms with Gasteiger partial charge in [-0.1, -0.05) is 12.1 Å². The summed E-state index contributed by atoms with van der Waals surface area (Å²) in [5.41, 5.74) is 9.40. The first-order valence-electron chi connectivity index (χ1n) is 6.20. The van der Waals surface area contributed by atoms with Gasteiger partial charge in [-0.25, -0.2) is 0 Å². The zero-order valence-corrected chi connectivity index (χ0v) is 10.6. The molecule has 100 valence electrons. The number of aliphatic hydroxyl groups excluding tert-OH is 1. The van der Waals surface area contributed by atoms with Gasteiger partial charge in [0, 0.05) is 24.5 Å². The number of nitrogens with one attached hydrogen (secondary N) is 1. The van der Waals surface area contributed by atoms with Crippen LogP contribution in [0.4, 0.5) is 11.4 Å². The second kappa shape index (κ2) is 6.11. The van der Waals surface area contributed by atoms with E-state index in [-0.39, 0.29) is 12.4 Å². The Morgan fingerprint density at radius 2 is 1.95 bits per heavy atom. The largest absolute Gasteiger partial charge is 0.508 e. The molecule has 0 saturated carbocycles. The summed E-state index contributed by atoms with van der Waals surface area (Å²) < 4.78 is 0. The average molecular weight is 258 g/mol. The fraction of sp³-hybridized carbons (Fsp3) is 0.200. The lowest BCUT2D eigenvalue weighted by Crippen LogP contribution is -2.02. The van der Waals surface area contributed by atoms with Gasteiger partial charge in [0.2, 0.25) is 0 Å². The first kappa shape index (κ1) is 13.2. The van der Waals surface area contributed by atoms with Gasteiger partial charge in [-0.05, 0) is 47.9 Å². The number of nitrogen functional groups attached to an aromatic ring is 1. The van der Waals surface area contributed by atoms with E-state index in [1.165, 1.54) is 0 Å². The molecular formula is C15H18N2O2. The lowest BCUT2D eigenvalue weighted by atomic mass is 10.1. The third-order valence-electron chi connectivity index (χ3n) is 2.93. The molecule has 2 rings (SSSR count). The summed E-state index contributed by atoms with van der Waals surface area (Å²) in [5, 5.41) is 21.6. The molecule has 5 N–H and O–H groups in total. The summed E-state index contributed by atoms with van der Waals surface area (Å²) in [4.78, 5) is 0. The lowest BCUT2D eigenvalue weighted by Gasteiger charge is -2.10. The van der Waals surface area contributed by atoms with Crippen LogP contribution in [0, 0.1) is 0 Å². The minimum atomic E-state index is 0.0835. The maximum absolute atomic E-state index is 9.39. The van der Waals surface area contributed by atoms with Gasteiger partial charge >= 0.3 is 0 Å². The van der Waals surface area contributed by atoms with Gasteiger partial charge in [0.15, 0.2) is 0 Å². The second-order valence-corrected chi connectivity index (χ2v) is 4.41. The molecule has 0 heterocycles. The number of benzene rings is 2. The molecule has 0 unspecified atom stereocenters. The quantitative estimate of drug-likeness (QED) is 0.619. The van der Waals surface area contributed by atoms with E-state index in [0.29, 0.717) is 18.7 Å². The number of anilines is 2. The van der Waals surface area contributed by atoms with Crippen molar-refractivity contribution in [3.05, 3.63) is 53.6 Å². The molecular weight excluding hydrogens is 240 g/mol. The summed E-state index contributed by atoms with van der Waals surface area (Å²) in [6.07, 6.45) is 0.549. The Morgan fingerprint density at radius 3 is 2.68 bits per heavy atom. The molecule has 0 amide bonds. The molecule has 4 nitrogen and oxygen atoms in total. The number of aliphatic hydroxyl groups is 1. The number of hydrogen-bond donors (Lipinski definition) is 4. The Morgan fingerprint density at radius 1 is 1.11 bits per heavy atom. The number of nitrogens with two attached hydrogens (primary N) is 1. The third kappa shape index (κ3) is 3.63. The van der Waals surface area contributed by atoms with Crippen molar-refractivity contribution in [3.63, 3.8) is 0 Å². The van der Waals surface area contributed by atoms with Crippen molar-refractivity contribution in [3.8, 4) is 5.75 Å². The van der Waals surface area contributed by atoms with Crippen LogP contribution in [0.15, 0.2) is 42.5 Å². The molecule has 0 aliphatic carbocycles. The van der Waals surface area contributed by atoms with Gasteiger partial charge in [0.25, 0.3) is 0 Å². The second-order valence-electron chi connectivity index (χ2n) is 4.41. The molecule has 0 radical (unpaired) electrons. The Hall–Kier alpha value is -2.20. The molecule has 0 spiro atoms. The van der Waals surface area contributed by atoms with E-state index in [4.69, 9.17) is 10.8 Å². The molecule has 0 bridgehead atoms. The van der Waals surface area contributed by atoms with Crippen molar-refractivity contribution in [2.75, 3.05) is 17.7 Å². The van der Waals surface area contributed by atoms with Crippen molar-refractivity contribution in [2.45, 2.75) is 13.0 Å². The zero-order valence-electron chi connectivity index (χ0n) is 10.6. The fourth-order valence-electron chi connectivity index (χ4n) is 1.92. The fourth-order valence-corrected chi connectivity index (χ4v) is 1.92. The highest BCUT2D eigenvalue weighted by molar-refractivity contribution is 5.57. The van der Waals surface area contributed by atoms with Crippen molar-refractivity contribution in [1.82, 2.24) is 0 Å². The SMILES string of the molecule is Nc1ccc(NCc2cccc(O)c2)cc1CCO. The molecule has 0 aliphatic heterocycles. The molecule has 0 fully saturated rings. The molecule has 2 aromatic rings. The summed E-state index contributed by atoms with van der Waals surface area (Å²) >= 11 is 0. The van der Waals surface area contributed by atoms with E-state index < -0.39 is 0 Å². The summed E-state index contributed by atoms with van der Waals surface area (Å²) in [5.74, 6) is 0.262. The molecule has 0 aliphatic rings. The Kier molecular flexibility index (Phi) is 4.26. The Labute approximate surface area is 112 Å². The average Bonchev–Trinajstić information content (AvgIpc) is 2.40. The van der Waals surface area contributed by atoms with Crippen molar-refractivity contribution < 1.29 is 10.2 Å². The molecule has 19 heavy (non-hydrogen) atoms. The van der Waals surface area contributed by atoms with E-state index in [0.717, 1.165) is 16.8 Å². The topological polar surface area (TPSA) is 78.5 Å². The van der Waals surface area contributed by atoms with Crippen molar-refractivity contribution in [2.24, 2.45) is 0 Å². The van der Waals surface area contributed by atoms with E-state index in [1.54, 1.807) is 12.1 Å². The molecule has 0 saturated heterocycles. The third-order valence-corrected chi connectivity index (χ3v) is 2.93. The molecule has 4 heteroatoms. The zero-order chi connectivity index (χ0) is 13.7. The highest BCUT2D eigenvalue weighted by Gasteiger charge is 2.01. The predicted molar refractivity (Wildman–Crippen MR) is 77.1 cm³/mol. The molecule has 2 aromatic carbocycles. The van der Waals surface area contributed by atoms with Crippen LogP contribution in [-0.4, -0.2) is 16.8 Å². The van der Waals surface area contributed by atoms with Crippen molar-refractivity contribution >= 4 is 11.4 Å². The molecule has 0 aromatic heterocycles. The van der Waals surface area contributed by atoms with Crippen LogP contribution < -0.4 is 11.1 Å². The van der Waals surface area contributed by atoms with Crippen LogP contribution in [0.5, 0.6) is 5.75 Å². The van der Waals surface area contributed by atoms with Crippen LogP contribution in [0.2, 0.25) is 0 Å². The summed E-state index contributed by atoms with van der Waals surface area (Å²) in [7, 11) is 0. The number of rotatable bonds is 5. The van der Waals surface area contributed by atoms with Gasteiger partial charge in [-0.3, -0.25) is 0 Å². The van der Waals surface area contributed by atoms with Crippen LogP contribution in [0.25, 0.3) is 0 Å². The first-order chi connectivity index (χ1) is 9.19. The maximum atomic E-state index is 9.39. The number of phenols is 1. The Balaban J connectivity index is 2.05. The van der Waals surface area contributed by atoms with Crippen LogP contribution in [0.3, 0.4) is 0 Å². The predicted octanol–water partition coefficient (Wildman–Crippen LogP) is 2.12. The maximum Gasteiger partial charge on any atom is 0.115 e. The molecule has 0 atom stereocenters. The van der Waals surface area contributed by atoms with Gasteiger partial charge < -0.3 is 21.3 Å².